The van der Waals surface area contributed by atoms with Gasteiger partial charge in [0.25, 0.3) is 0 Å². The van der Waals surface area contributed by atoms with Gasteiger partial charge < -0.3 is 10.2 Å². The first kappa shape index (κ1) is 24.4. The Bertz CT molecular complexity index is 1160. The van der Waals surface area contributed by atoms with Crippen LogP contribution in [-0.4, -0.2) is 30.3 Å². The van der Waals surface area contributed by atoms with Crippen LogP contribution < -0.4 is 15.1 Å². The zero-order valence-corrected chi connectivity index (χ0v) is 18.7. The van der Waals surface area contributed by atoms with Gasteiger partial charge in [0, 0.05) is 19.2 Å². The van der Waals surface area contributed by atoms with Crippen molar-refractivity contribution in [1.29, 1.82) is 0 Å². The Morgan fingerprint density at radius 3 is 2.23 bits per heavy atom. The Hall–Kier alpha value is -3.69. The van der Waals surface area contributed by atoms with Gasteiger partial charge in [-0.2, -0.15) is 13.2 Å². The van der Waals surface area contributed by atoms with Crippen LogP contribution in [0.25, 0.3) is 0 Å². The summed E-state index contributed by atoms with van der Waals surface area (Å²) in [4.78, 5) is 19.0. The van der Waals surface area contributed by atoms with Crippen molar-refractivity contribution in [1.82, 2.24) is 4.98 Å². The molecule has 1 saturated heterocycles. The number of nitrogens with one attached hydrogen (secondary N) is 1. The molecule has 3 aromatic rings. The molecule has 184 valence electrons. The summed E-state index contributed by atoms with van der Waals surface area (Å²) in [7, 11) is 0. The third-order valence-electron chi connectivity index (χ3n) is 5.59. The SMILES string of the molecule is O=C(Cc1cc(F)cc(F)c1)Nc1ccc(N(Cc2ccccc2)C(F)(F)F)nc1N1CCCC1. The van der Waals surface area contributed by atoms with E-state index in [4.69, 9.17) is 0 Å². The summed E-state index contributed by atoms with van der Waals surface area (Å²) in [5.74, 6) is -2.25. The number of aromatic nitrogens is 1. The first-order valence-electron chi connectivity index (χ1n) is 11.1. The number of carbonyl (C=O) groups excluding carboxylic acids is 1. The molecule has 0 unspecified atom stereocenters. The monoisotopic (exact) mass is 490 g/mol. The number of pyridine rings is 1. The molecule has 1 N–H and O–H groups in total. The molecule has 10 heteroatoms. The molecule has 0 radical (unpaired) electrons. The van der Waals surface area contributed by atoms with Crippen LogP contribution in [0.5, 0.6) is 0 Å². The second-order valence-corrected chi connectivity index (χ2v) is 8.28. The van der Waals surface area contributed by atoms with Gasteiger partial charge in [0.2, 0.25) is 5.91 Å². The van der Waals surface area contributed by atoms with Gasteiger partial charge in [0.05, 0.1) is 18.7 Å². The Morgan fingerprint density at radius 1 is 0.943 bits per heavy atom. The quantitative estimate of drug-likeness (QED) is 0.343. The first-order chi connectivity index (χ1) is 16.7. The lowest BCUT2D eigenvalue weighted by Crippen LogP contribution is -2.38. The highest BCUT2D eigenvalue weighted by Crippen LogP contribution is 2.34. The van der Waals surface area contributed by atoms with Gasteiger partial charge >= 0.3 is 6.30 Å². The van der Waals surface area contributed by atoms with Crippen molar-refractivity contribution in [3.63, 3.8) is 0 Å². The summed E-state index contributed by atoms with van der Waals surface area (Å²) in [6.45, 7) is 0.742. The maximum absolute atomic E-state index is 14.0. The zero-order valence-electron chi connectivity index (χ0n) is 18.7. The molecular weight excluding hydrogens is 467 g/mol. The molecule has 2 aromatic carbocycles. The molecule has 1 aliphatic heterocycles. The van der Waals surface area contributed by atoms with E-state index >= 15 is 0 Å². The van der Waals surface area contributed by atoms with E-state index < -0.39 is 30.4 Å². The minimum Gasteiger partial charge on any atom is -0.355 e. The maximum atomic E-state index is 14.0. The molecule has 1 aromatic heterocycles. The molecule has 0 bridgehead atoms. The maximum Gasteiger partial charge on any atom is 0.486 e. The molecule has 1 fully saturated rings. The van der Waals surface area contributed by atoms with Crippen LogP contribution in [0.15, 0.2) is 60.7 Å². The van der Waals surface area contributed by atoms with Crippen molar-refractivity contribution in [2.75, 3.05) is 28.2 Å². The molecular formula is C25H23F5N4O. The number of hydrogen-bond donors (Lipinski definition) is 1. The third-order valence-corrected chi connectivity index (χ3v) is 5.59. The fourth-order valence-electron chi connectivity index (χ4n) is 4.02. The van der Waals surface area contributed by atoms with Crippen LogP contribution in [0.3, 0.4) is 0 Å². The van der Waals surface area contributed by atoms with E-state index in [2.05, 4.69) is 10.3 Å². The predicted octanol–water partition coefficient (Wildman–Crippen LogP) is 5.67. The van der Waals surface area contributed by atoms with Crippen LogP contribution >= 0.6 is 0 Å². The van der Waals surface area contributed by atoms with Crippen molar-refractivity contribution in [2.24, 2.45) is 0 Å². The van der Waals surface area contributed by atoms with Crippen molar-refractivity contribution >= 4 is 23.2 Å². The van der Waals surface area contributed by atoms with Crippen molar-refractivity contribution in [2.45, 2.75) is 32.1 Å². The van der Waals surface area contributed by atoms with Gasteiger partial charge in [-0.05, 0) is 48.2 Å². The highest BCUT2D eigenvalue weighted by atomic mass is 19.4. The number of alkyl halides is 3. The lowest BCUT2D eigenvalue weighted by atomic mass is 10.1. The summed E-state index contributed by atoms with van der Waals surface area (Å²) >= 11 is 0. The van der Waals surface area contributed by atoms with Crippen LogP contribution in [0.2, 0.25) is 0 Å². The van der Waals surface area contributed by atoms with Gasteiger partial charge in [-0.3, -0.25) is 9.69 Å². The van der Waals surface area contributed by atoms with Crippen LogP contribution in [0.4, 0.5) is 39.3 Å². The molecule has 0 aliphatic carbocycles. The number of amides is 1. The summed E-state index contributed by atoms with van der Waals surface area (Å²) in [5.41, 5.74) is 0.840. The average molecular weight is 490 g/mol. The summed E-state index contributed by atoms with van der Waals surface area (Å²) in [6, 6.07) is 13.6. The lowest BCUT2D eigenvalue weighted by Gasteiger charge is -2.28. The van der Waals surface area contributed by atoms with E-state index in [0.29, 0.717) is 24.7 Å². The van der Waals surface area contributed by atoms with E-state index in [0.717, 1.165) is 25.0 Å². The average Bonchev–Trinajstić information content (AvgIpc) is 3.32. The van der Waals surface area contributed by atoms with Crippen LogP contribution in [0, 0.1) is 11.6 Å². The van der Waals surface area contributed by atoms with Crippen molar-refractivity contribution in [3.05, 3.63) is 83.4 Å². The van der Waals surface area contributed by atoms with Gasteiger partial charge in [-0.15, -0.1) is 0 Å². The Kier molecular flexibility index (Phi) is 7.18. The summed E-state index contributed by atoms with van der Waals surface area (Å²) in [6.07, 6.45) is -3.31. The number of carbonyl (C=O) groups is 1. The van der Waals surface area contributed by atoms with Gasteiger partial charge in [0.1, 0.15) is 17.5 Å². The van der Waals surface area contributed by atoms with Gasteiger partial charge in [0.15, 0.2) is 5.82 Å². The number of hydrogen-bond acceptors (Lipinski definition) is 4. The Morgan fingerprint density at radius 2 is 1.60 bits per heavy atom. The van der Waals surface area contributed by atoms with Crippen LogP contribution in [-0.2, 0) is 17.8 Å². The Balaban J connectivity index is 1.62. The predicted molar refractivity (Wildman–Crippen MR) is 123 cm³/mol. The molecule has 5 nitrogen and oxygen atoms in total. The van der Waals surface area contributed by atoms with E-state index in [1.807, 2.05) is 4.90 Å². The Labute approximate surface area is 199 Å². The van der Waals surface area contributed by atoms with Gasteiger partial charge in [-0.25, -0.2) is 13.8 Å². The molecule has 0 spiro atoms. The highest BCUT2D eigenvalue weighted by Gasteiger charge is 2.39. The van der Waals surface area contributed by atoms with E-state index in [1.165, 1.54) is 12.1 Å². The van der Waals surface area contributed by atoms with Crippen LogP contribution in [0.1, 0.15) is 24.0 Å². The summed E-state index contributed by atoms with van der Waals surface area (Å²) < 4.78 is 68.8. The fraction of sp³-hybridized carbons (Fsp3) is 0.280. The molecule has 35 heavy (non-hydrogen) atoms. The topological polar surface area (TPSA) is 48.5 Å². The lowest BCUT2D eigenvalue weighted by molar-refractivity contribution is -0.131. The number of nitrogens with zero attached hydrogens (tertiary/aromatic N) is 3. The largest absolute Gasteiger partial charge is 0.486 e. The molecule has 1 amide bonds. The minimum absolute atomic E-state index is 0.137. The molecule has 4 rings (SSSR count). The minimum atomic E-state index is -4.68. The first-order valence-corrected chi connectivity index (χ1v) is 11.1. The second kappa shape index (κ2) is 10.3. The fourth-order valence-corrected chi connectivity index (χ4v) is 4.02. The third kappa shape index (κ3) is 6.26. The molecule has 1 aliphatic rings. The number of benzene rings is 2. The molecule has 0 atom stereocenters. The zero-order chi connectivity index (χ0) is 25.0. The number of anilines is 3. The smallest absolute Gasteiger partial charge is 0.355 e. The van der Waals surface area contributed by atoms with E-state index in [-0.39, 0.29) is 34.2 Å². The highest BCUT2D eigenvalue weighted by molar-refractivity contribution is 5.95. The molecule has 0 saturated carbocycles. The van der Waals surface area contributed by atoms with Crippen molar-refractivity contribution < 1.29 is 26.7 Å². The van der Waals surface area contributed by atoms with Crippen molar-refractivity contribution in [3.8, 4) is 0 Å². The molecule has 2 heterocycles. The number of halogens is 5. The standard InChI is InChI=1S/C25H23F5N4O/c26-19-12-18(13-20(27)15-19)14-23(35)31-21-8-9-22(32-24(21)33-10-4-5-11-33)34(25(28,29)30)16-17-6-2-1-3-7-17/h1-3,6-9,12-13,15H,4-5,10-11,14,16H2,(H,31,35). The number of rotatable bonds is 7. The van der Waals surface area contributed by atoms with E-state index in [9.17, 15) is 26.7 Å². The van der Waals surface area contributed by atoms with E-state index in [1.54, 1.807) is 30.3 Å². The summed E-state index contributed by atoms with van der Waals surface area (Å²) in [5, 5.41) is 2.64. The van der Waals surface area contributed by atoms with Gasteiger partial charge in [-0.1, -0.05) is 30.3 Å². The normalized spacial score (nSPS) is 13.7. The second-order valence-electron chi connectivity index (χ2n) is 8.28.